The maximum atomic E-state index is 12.8. The van der Waals surface area contributed by atoms with Crippen molar-refractivity contribution in [1.82, 2.24) is 4.90 Å². The second kappa shape index (κ2) is 8.25. The summed E-state index contributed by atoms with van der Waals surface area (Å²) in [4.78, 5) is 15.0. The molecule has 158 valence electrons. The summed E-state index contributed by atoms with van der Waals surface area (Å²) in [6, 6.07) is 8.28. The number of benzene rings is 2. The lowest BCUT2D eigenvalue weighted by atomic mass is 10.1. The summed E-state index contributed by atoms with van der Waals surface area (Å²) >= 11 is 0. The smallest absolute Gasteiger partial charge is 0.235 e. The molecule has 0 radical (unpaired) electrons. The van der Waals surface area contributed by atoms with Gasteiger partial charge in [0, 0.05) is 25.2 Å². The summed E-state index contributed by atoms with van der Waals surface area (Å²) in [7, 11) is 2.79. The molecule has 1 aliphatic heterocycles. The Bertz CT molecular complexity index is 1110. The highest BCUT2D eigenvalue weighted by molar-refractivity contribution is 5.83. The summed E-state index contributed by atoms with van der Waals surface area (Å²) in [5.41, 5.74) is 1.17. The van der Waals surface area contributed by atoms with Crippen molar-refractivity contribution in [3.8, 4) is 34.3 Å². The molecule has 1 fully saturated rings. The van der Waals surface area contributed by atoms with E-state index >= 15 is 0 Å². The number of hydrogen-bond acceptors (Lipinski definition) is 8. The largest absolute Gasteiger partial charge is 0.502 e. The van der Waals surface area contributed by atoms with Crippen molar-refractivity contribution in [2.24, 2.45) is 0 Å². The van der Waals surface area contributed by atoms with Crippen molar-refractivity contribution < 1.29 is 28.8 Å². The van der Waals surface area contributed by atoms with E-state index in [0.29, 0.717) is 36.3 Å². The molecule has 8 nitrogen and oxygen atoms in total. The Balaban J connectivity index is 1.80. The summed E-state index contributed by atoms with van der Waals surface area (Å²) < 4.78 is 21.6. The van der Waals surface area contributed by atoms with Crippen LogP contribution >= 0.6 is 0 Å². The van der Waals surface area contributed by atoms with Gasteiger partial charge in [0.15, 0.2) is 17.3 Å². The molecule has 2 heterocycles. The molecule has 8 heteroatoms. The highest BCUT2D eigenvalue weighted by Gasteiger charge is 2.20. The highest BCUT2D eigenvalue weighted by atomic mass is 16.5. The monoisotopic (exact) mass is 413 g/mol. The Labute approximate surface area is 172 Å². The Morgan fingerprint density at radius 1 is 1.00 bits per heavy atom. The van der Waals surface area contributed by atoms with Gasteiger partial charge in [0.25, 0.3) is 0 Å². The number of aromatic hydroxyl groups is 2. The fourth-order valence-electron chi connectivity index (χ4n) is 3.56. The van der Waals surface area contributed by atoms with Crippen LogP contribution < -0.4 is 14.9 Å². The Kier molecular flexibility index (Phi) is 5.52. The maximum absolute atomic E-state index is 12.8. The molecule has 1 aromatic heterocycles. The molecule has 2 N–H and O–H groups in total. The number of fused-ring (bicyclic) bond motifs is 1. The van der Waals surface area contributed by atoms with Crippen LogP contribution in [0.15, 0.2) is 39.5 Å². The topological polar surface area (TPSA) is 102 Å². The SMILES string of the molecule is COc1cc(-c2oc3cc(CN4CCOCC4)ccc3c(=O)c2O)cc(OC)c1O. The first-order chi connectivity index (χ1) is 14.5. The van der Waals surface area contributed by atoms with Crippen molar-refractivity contribution in [2.45, 2.75) is 6.54 Å². The van der Waals surface area contributed by atoms with Crippen molar-refractivity contribution in [2.75, 3.05) is 40.5 Å². The third kappa shape index (κ3) is 3.67. The van der Waals surface area contributed by atoms with Crippen LogP contribution in [0.4, 0.5) is 0 Å². The molecule has 1 aliphatic rings. The molecular formula is C22H23NO7. The maximum Gasteiger partial charge on any atom is 0.235 e. The summed E-state index contributed by atoms with van der Waals surface area (Å²) in [6.07, 6.45) is 0. The van der Waals surface area contributed by atoms with Gasteiger partial charge < -0.3 is 28.8 Å². The zero-order valence-electron chi connectivity index (χ0n) is 16.8. The number of phenolic OH excluding ortho intramolecular Hbond substituents is 1. The van der Waals surface area contributed by atoms with E-state index in [-0.39, 0.29) is 23.0 Å². The minimum absolute atomic E-state index is 0.0207. The van der Waals surface area contributed by atoms with E-state index in [0.717, 1.165) is 18.7 Å². The molecule has 0 aliphatic carbocycles. The lowest BCUT2D eigenvalue weighted by Crippen LogP contribution is -2.35. The number of hydrogen-bond donors (Lipinski definition) is 2. The van der Waals surface area contributed by atoms with Gasteiger partial charge in [-0.05, 0) is 29.8 Å². The first-order valence-corrected chi connectivity index (χ1v) is 9.56. The molecular weight excluding hydrogens is 390 g/mol. The van der Waals surface area contributed by atoms with Gasteiger partial charge in [-0.2, -0.15) is 0 Å². The van der Waals surface area contributed by atoms with E-state index < -0.39 is 11.2 Å². The molecule has 0 saturated carbocycles. The summed E-state index contributed by atoms with van der Waals surface area (Å²) in [5.74, 6) is -0.454. The molecule has 0 atom stereocenters. The number of methoxy groups -OCH3 is 2. The second-order valence-electron chi connectivity index (χ2n) is 7.06. The van der Waals surface area contributed by atoms with Crippen LogP contribution in [-0.2, 0) is 11.3 Å². The van der Waals surface area contributed by atoms with Gasteiger partial charge in [-0.1, -0.05) is 6.07 Å². The fraction of sp³-hybridized carbons (Fsp3) is 0.318. The summed E-state index contributed by atoms with van der Waals surface area (Å²) in [6.45, 7) is 3.79. The minimum atomic E-state index is -0.532. The average Bonchev–Trinajstić information content (AvgIpc) is 2.77. The van der Waals surface area contributed by atoms with E-state index in [2.05, 4.69) is 4.90 Å². The van der Waals surface area contributed by atoms with E-state index in [9.17, 15) is 15.0 Å². The molecule has 4 rings (SSSR count). The van der Waals surface area contributed by atoms with Crippen LogP contribution in [0.25, 0.3) is 22.3 Å². The second-order valence-corrected chi connectivity index (χ2v) is 7.06. The van der Waals surface area contributed by atoms with Crippen LogP contribution in [0.2, 0.25) is 0 Å². The zero-order valence-corrected chi connectivity index (χ0v) is 16.8. The number of ether oxygens (including phenoxy) is 3. The minimum Gasteiger partial charge on any atom is -0.502 e. The van der Waals surface area contributed by atoms with Crippen LogP contribution in [0, 0.1) is 0 Å². The van der Waals surface area contributed by atoms with E-state index in [1.165, 1.54) is 26.4 Å². The van der Waals surface area contributed by atoms with Crippen LogP contribution in [0.3, 0.4) is 0 Å². The first kappa shape index (κ1) is 20.1. The zero-order chi connectivity index (χ0) is 21.3. The van der Waals surface area contributed by atoms with Crippen molar-refractivity contribution >= 4 is 11.0 Å². The number of rotatable bonds is 5. The predicted molar refractivity (Wildman–Crippen MR) is 110 cm³/mol. The molecule has 0 unspecified atom stereocenters. The van der Waals surface area contributed by atoms with Gasteiger partial charge in [0.2, 0.25) is 16.9 Å². The highest BCUT2D eigenvalue weighted by Crippen LogP contribution is 2.42. The Morgan fingerprint density at radius 3 is 2.30 bits per heavy atom. The summed E-state index contributed by atoms with van der Waals surface area (Å²) in [5, 5.41) is 20.9. The molecule has 1 saturated heterocycles. The lowest BCUT2D eigenvalue weighted by molar-refractivity contribution is 0.0342. The average molecular weight is 413 g/mol. The van der Waals surface area contributed by atoms with E-state index in [1.807, 2.05) is 12.1 Å². The van der Waals surface area contributed by atoms with Gasteiger partial charge >= 0.3 is 0 Å². The first-order valence-electron chi connectivity index (χ1n) is 9.56. The molecule has 2 aromatic carbocycles. The lowest BCUT2D eigenvalue weighted by Gasteiger charge is -2.26. The molecule has 0 spiro atoms. The van der Waals surface area contributed by atoms with Gasteiger partial charge in [-0.15, -0.1) is 0 Å². The normalized spacial score (nSPS) is 14.7. The van der Waals surface area contributed by atoms with E-state index in [4.69, 9.17) is 18.6 Å². The van der Waals surface area contributed by atoms with Gasteiger partial charge in [0.05, 0.1) is 32.8 Å². The molecule has 30 heavy (non-hydrogen) atoms. The van der Waals surface area contributed by atoms with Crippen LogP contribution in [0.5, 0.6) is 23.0 Å². The van der Waals surface area contributed by atoms with E-state index in [1.54, 1.807) is 6.07 Å². The molecule has 3 aromatic rings. The quantitative estimate of drug-likeness (QED) is 0.658. The third-order valence-electron chi connectivity index (χ3n) is 5.18. The third-order valence-corrected chi connectivity index (χ3v) is 5.18. The van der Waals surface area contributed by atoms with Gasteiger partial charge in [-0.3, -0.25) is 9.69 Å². The predicted octanol–water partition coefficient (Wildman–Crippen LogP) is 2.72. The number of nitrogens with zero attached hydrogens (tertiary/aromatic N) is 1. The number of morpholine rings is 1. The van der Waals surface area contributed by atoms with Crippen LogP contribution in [-0.4, -0.2) is 55.6 Å². The van der Waals surface area contributed by atoms with Gasteiger partial charge in [0.1, 0.15) is 5.58 Å². The Morgan fingerprint density at radius 2 is 1.67 bits per heavy atom. The van der Waals surface area contributed by atoms with Gasteiger partial charge in [-0.25, -0.2) is 0 Å². The standard InChI is InChI=1S/C22H23NO7/c1-27-17-10-14(11-18(28-2)20(17)25)22-21(26)19(24)15-4-3-13(9-16(15)30-22)12-23-5-7-29-8-6-23/h3-4,9-11,25-26H,5-8,12H2,1-2H3. The van der Waals surface area contributed by atoms with Crippen molar-refractivity contribution in [1.29, 1.82) is 0 Å². The van der Waals surface area contributed by atoms with Crippen molar-refractivity contribution in [3.63, 3.8) is 0 Å². The van der Waals surface area contributed by atoms with Crippen molar-refractivity contribution in [3.05, 3.63) is 46.1 Å². The fourth-order valence-corrected chi connectivity index (χ4v) is 3.56. The number of phenols is 1. The Hall–Kier alpha value is -3.23. The molecule has 0 amide bonds. The molecule has 0 bridgehead atoms. The van der Waals surface area contributed by atoms with Crippen LogP contribution in [0.1, 0.15) is 5.56 Å².